The number of esters is 1. The fourth-order valence-corrected chi connectivity index (χ4v) is 4.49. The van der Waals surface area contributed by atoms with Crippen LogP contribution in [0.4, 0.5) is 0 Å². The van der Waals surface area contributed by atoms with Crippen molar-refractivity contribution in [1.82, 2.24) is 9.55 Å². The molecule has 0 N–H and O–H groups in total. The number of hydrogen-bond acceptors (Lipinski definition) is 5. The molecule has 6 heteroatoms. The first kappa shape index (κ1) is 16.2. The van der Waals surface area contributed by atoms with Crippen LogP contribution in [0.15, 0.2) is 4.79 Å². The summed E-state index contributed by atoms with van der Waals surface area (Å²) < 4.78 is 6.44. The van der Waals surface area contributed by atoms with Crippen LogP contribution < -0.4 is 5.56 Å². The number of aromatic nitrogens is 2. The molecule has 2 aromatic rings. The lowest BCUT2D eigenvalue weighted by Gasteiger charge is -2.15. The monoisotopic (exact) mass is 334 g/mol. The smallest absolute Gasteiger partial charge is 0.305 e. The molecule has 0 spiro atoms. The van der Waals surface area contributed by atoms with Gasteiger partial charge in [-0.05, 0) is 31.2 Å². The Hall–Kier alpha value is -1.69. The Morgan fingerprint density at radius 3 is 2.87 bits per heavy atom. The van der Waals surface area contributed by atoms with Crippen molar-refractivity contribution in [2.45, 2.75) is 58.4 Å². The van der Waals surface area contributed by atoms with Gasteiger partial charge in [-0.1, -0.05) is 13.8 Å². The molecule has 1 aliphatic carbocycles. The van der Waals surface area contributed by atoms with Gasteiger partial charge in [0.25, 0.3) is 5.56 Å². The molecule has 5 nitrogen and oxygen atoms in total. The maximum absolute atomic E-state index is 13.0. The molecule has 0 fully saturated rings. The Morgan fingerprint density at radius 2 is 2.17 bits per heavy atom. The highest BCUT2D eigenvalue weighted by Crippen LogP contribution is 2.35. The van der Waals surface area contributed by atoms with Gasteiger partial charge in [0.05, 0.1) is 12.5 Å². The van der Waals surface area contributed by atoms with Gasteiger partial charge in [-0.3, -0.25) is 14.2 Å². The minimum absolute atomic E-state index is 0.0583. The summed E-state index contributed by atoms with van der Waals surface area (Å²) in [6.45, 7) is 4.60. The van der Waals surface area contributed by atoms with Crippen LogP contribution in [0.25, 0.3) is 10.2 Å². The Balaban J connectivity index is 2.03. The van der Waals surface area contributed by atoms with E-state index in [1.54, 1.807) is 15.9 Å². The third-order valence-electron chi connectivity index (χ3n) is 4.36. The van der Waals surface area contributed by atoms with Crippen molar-refractivity contribution in [3.05, 3.63) is 26.6 Å². The van der Waals surface area contributed by atoms with Gasteiger partial charge in [0.2, 0.25) is 0 Å². The molecule has 23 heavy (non-hydrogen) atoms. The molecule has 2 heterocycles. The molecular weight excluding hydrogens is 312 g/mol. The molecule has 0 unspecified atom stereocenters. The number of hydrogen-bond donors (Lipinski definition) is 0. The maximum Gasteiger partial charge on any atom is 0.305 e. The second-order valence-electron chi connectivity index (χ2n) is 6.30. The highest BCUT2D eigenvalue weighted by Gasteiger charge is 2.23. The highest BCUT2D eigenvalue weighted by molar-refractivity contribution is 7.18. The van der Waals surface area contributed by atoms with E-state index in [4.69, 9.17) is 4.98 Å². The summed E-state index contributed by atoms with van der Waals surface area (Å²) in [4.78, 5) is 31.3. The molecular formula is C17H22N2O3S. The first-order chi connectivity index (χ1) is 11.0. The Kier molecular flexibility index (Phi) is 4.53. The van der Waals surface area contributed by atoms with Gasteiger partial charge in [-0.2, -0.15) is 0 Å². The molecule has 0 saturated heterocycles. The summed E-state index contributed by atoms with van der Waals surface area (Å²) in [6, 6.07) is 0. The van der Waals surface area contributed by atoms with Crippen molar-refractivity contribution in [2.24, 2.45) is 0 Å². The quantitative estimate of drug-likeness (QED) is 0.789. The summed E-state index contributed by atoms with van der Waals surface area (Å²) in [7, 11) is 1.39. The van der Waals surface area contributed by atoms with Crippen molar-refractivity contribution < 1.29 is 9.53 Å². The molecule has 3 rings (SSSR count). The largest absolute Gasteiger partial charge is 0.469 e. The molecule has 124 valence electrons. The first-order valence-corrected chi connectivity index (χ1v) is 8.96. The zero-order valence-electron chi connectivity index (χ0n) is 13.8. The Bertz CT molecular complexity index is 804. The number of carbonyl (C=O) groups excluding carboxylic acids is 1. The third kappa shape index (κ3) is 2.92. The maximum atomic E-state index is 13.0. The summed E-state index contributed by atoms with van der Waals surface area (Å²) >= 11 is 1.67. The Labute approximate surface area is 139 Å². The van der Waals surface area contributed by atoms with Gasteiger partial charge < -0.3 is 4.74 Å². The predicted octanol–water partition coefficient (Wildman–Crippen LogP) is 3.02. The third-order valence-corrected chi connectivity index (χ3v) is 5.55. The van der Waals surface area contributed by atoms with Crippen molar-refractivity contribution >= 4 is 27.5 Å². The van der Waals surface area contributed by atoms with E-state index >= 15 is 0 Å². The van der Waals surface area contributed by atoms with Gasteiger partial charge >= 0.3 is 5.97 Å². The minimum atomic E-state index is -0.241. The number of aryl methyl sites for hydroxylation is 2. The van der Waals surface area contributed by atoms with E-state index < -0.39 is 0 Å². The van der Waals surface area contributed by atoms with Gasteiger partial charge in [-0.25, -0.2) is 4.98 Å². The van der Waals surface area contributed by atoms with E-state index in [2.05, 4.69) is 4.74 Å². The van der Waals surface area contributed by atoms with Crippen molar-refractivity contribution in [2.75, 3.05) is 7.11 Å². The molecule has 1 aliphatic rings. The van der Waals surface area contributed by atoms with E-state index in [0.717, 1.165) is 35.3 Å². The Morgan fingerprint density at radius 1 is 1.39 bits per heavy atom. The number of carbonyl (C=O) groups is 1. The van der Waals surface area contributed by atoms with Gasteiger partial charge in [-0.15, -0.1) is 11.3 Å². The van der Waals surface area contributed by atoms with Crippen LogP contribution >= 0.6 is 11.3 Å². The molecule has 0 aliphatic heterocycles. The van der Waals surface area contributed by atoms with Crippen molar-refractivity contribution in [1.29, 1.82) is 0 Å². The van der Waals surface area contributed by atoms with E-state index in [1.807, 2.05) is 13.8 Å². The number of ether oxygens (including phenoxy) is 1. The predicted molar refractivity (Wildman–Crippen MR) is 91.2 cm³/mol. The number of methoxy groups -OCH3 is 1. The van der Waals surface area contributed by atoms with E-state index in [9.17, 15) is 9.59 Å². The molecule has 0 amide bonds. The van der Waals surface area contributed by atoms with Crippen LogP contribution in [0, 0.1) is 0 Å². The van der Waals surface area contributed by atoms with E-state index in [-0.39, 0.29) is 17.4 Å². The molecule has 0 radical (unpaired) electrons. The van der Waals surface area contributed by atoms with E-state index in [0.29, 0.717) is 19.4 Å². The molecule has 0 bridgehead atoms. The lowest BCUT2D eigenvalue weighted by molar-refractivity contribution is -0.140. The van der Waals surface area contributed by atoms with Crippen molar-refractivity contribution in [3.8, 4) is 0 Å². The van der Waals surface area contributed by atoms with Gasteiger partial charge in [0.15, 0.2) is 0 Å². The van der Waals surface area contributed by atoms with Gasteiger partial charge in [0.1, 0.15) is 10.7 Å². The fourth-order valence-electron chi connectivity index (χ4n) is 3.23. The fraction of sp³-hybridized carbons (Fsp3) is 0.588. The summed E-state index contributed by atoms with van der Waals surface area (Å²) in [5, 5.41) is 0.810. The number of rotatable bonds is 5. The average molecular weight is 334 g/mol. The molecule has 0 aromatic carbocycles. The van der Waals surface area contributed by atoms with Crippen LogP contribution in [0.2, 0.25) is 0 Å². The molecule has 2 aromatic heterocycles. The second-order valence-corrected chi connectivity index (χ2v) is 7.38. The first-order valence-electron chi connectivity index (χ1n) is 8.14. The van der Waals surface area contributed by atoms with Crippen LogP contribution in [-0.2, 0) is 28.9 Å². The summed E-state index contributed by atoms with van der Waals surface area (Å²) in [5.74, 6) is 0.740. The number of nitrogens with zero attached hydrogens (tertiary/aromatic N) is 2. The van der Waals surface area contributed by atoms with Crippen LogP contribution in [0.5, 0.6) is 0 Å². The lowest BCUT2D eigenvalue weighted by Crippen LogP contribution is -2.26. The van der Waals surface area contributed by atoms with Crippen LogP contribution in [0.3, 0.4) is 0 Å². The van der Waals surface area contributed by atoms with E-state index in [1.165, 1.54) is 17.6 Å². The van der Waals surface area contributed by atoms with Crippen LogP contribution in [-0.4, -0.2) is 22.6 Å². The minimum Gasteiger partial charge on any atom is -0.469 e. The SMILES string of the molecule is COC(=O)CCCn1c(C(C)C)nc2sc3c(c2c1=O)CCC3. The average Bonchev–Trinajstić information content (AvgIpc) is 3.08. The number of thiophene rings is 1. The normalized spacial score (nSPS) is 13.7. The topological polar surface area (TPSA) is 61.2 Å². The second kappa shape index (κ2) is 6.43. The molecule has 0 saturated carbocycles. The zero-order chi connectivity index (χ0) is 16.6. The lowest BCUT2D eigenvalue weighted by atomic mass is 10.1. The van der Waals surface area contributed by atoms with Gasteiger partial charge in [0, 0.05) is 23.8 Å². The summed E-state index contributed by atoms with van der Waals surface area (Å²) in [6.07, 6.45) is 4.08. The standard InChI is InChI=1S/C17H22N2O3S/c1-10(2)15-18-16-14(11-6-4-7-12(11)23-16)17(21)19(15)9-5-8-13(20)22-3/h10H,4-9H2,1-3H3. The van der Waals surface area contributed by atoms with Crippen LogP contribution in [0.1, 0.15) is 55.3 Å². The summed E-state index contributed by atoms with van der Waals surface area (Å²) in [5.41, 5.74) is 1.27. The highest BCUT2D eigenvalue weighted by atomic mass is 32.1. The molecule has 0 atom stereocenters. The number of fused-ring (bicyclic) bond motifs is 3. The zero-order valence-corrected chi connectivity index (χ0v) is 14.7. The van der Waals surface area contributed by atoms with Crippen molar-refractivity contribution in [3.63, 3.8) is 0 Å².